The van der Waals surface area contributed by atoms with E-state index in [4.69, 9.17) is 5.14 Å². The Morgan fingerprint density at radius 2 is 2.00 bits per heavy atom. The number of para-hydroxylation sites is 1. The smallest absolute Gasteiger partial charge is 0.247 e. The van der Waals surface area contributed by atoms with E-state index in [9.17, 15) is 17.2 Å². The summed E-state index contributed by atoms with van der Waals surface area (Å²) < 4.78 is 50.7. The number of anilines is 1. The van der Waals surface area contributed by atoms with Gasteiger partial charge in [0.15, 0.2) is 5.96 Å². The highest BCUT2D eigenvalue weighted by atomic mass is 127. The molecule has 4 N–H and O–H groups in total. The van der Waals surface area contributed by atoms with Gasteiger partial charge < -0.3 is 15.5 Å². The van der Waals surface area contributed by atoms with E-state index >= 15 is 0 Å². The zero-order chi connectivity index (χ0) is 20.3. The highest BCUT2D eigenvalue weighted by molar-refractivity contribution is 14.0. The molecule has 0 spiro atoms. The Bertz CT molecular complexity index is 964. The molecule has 12 heteroatoms. The molecule has 1 aromatic carbocycles. The molecule has 2 aromatic rings. The van der Waals surface area contributed by atoms with Crippen LogP contribution in [0, 0.1) is 11.6 Å². The van der Waals surface area contributed by atoms with E-state index in [1.807, 2.05) is 0 Å². The number of halogens is 3. The largest absolute Gasteiger partial charge is 0.365 e. The minimum atomic E-state index is -3.71. The van der Waals surface area contributed by atoms with Crippen LogP contribution in [0.3, 0.4) is 0 Å². The first-order valence-corrected chi connectivity index (χ1v) is 10.9. The zero-order valence-corrected chi connectivity index (χ0v) is 19.5. The summed E-state index contributed by atoms with van der Waals surface area (Å²) in [5.74, 6) is -0.635. The maximum absolute atomic E-state index is 14.0. The van der Waals surface area contributed by atoms with Crippen LogP contribution in [-0.4, -0.2) is 40.6 Å². The van der Waals surface area contributed by atoms with Crippen molar-refractivity contribution in [1.82, 2.24) is 10.6 Å². The Kier molecular flexibility index (Phi) is 8.19. The molecule has 1 saturated heterocycles. The highest BCUT2D eigenvalue weighted by Gasteiger charge is 2.27. The molecule has 1 aromatic heterocycles. The minimum Gasteiger partial charge on any atom is -0.365 e. The fourth-order valence-corrected chi connectivity index (χ4v) is 4.76. The summed E-state index contributed by atoms with van der Waals surface area (Å²) in [6, 6.07) is 6.95. The van der Waals surface area contributed by atoms with E-state index in [-0.39, 0.29) is 39.9 Å². The van der Waals surface area contributed by atoms with Crippen molar-refractivity contribution < 1.29 is 17.2 Å². The van der Waals surface area contributed by atoms with Gasteiger partial charge in [0.25, 0.3) is 0 Å². The van der Waals surface area contributed by atoms with E-state index in [1.165, 1.54) is 24.3 Å². The standard InChI is InChI=1S/C17H21F2N5O2S2.HI/c1-21-17(22-9-12-5-6-15(27-12)28(20,25)26)23-11-7-8-24(10-11)16-13(18)3-2-4-14(16)19;/h2-6,11H,7-10H2,1H3,(H2,20,25,26)(H2,21,22,23);1H. The fourth-order valence-electron chi connectivity index (χ4n) is 3.04. The van der Waals surface area contributed by atoms with Crippen LogP contribution in [0.5, 0.6) is 0 Å². The van der Waals surface area contributed by atoms with Gasteiger partial charge in [-0.15, -0.1) is 35.3 Å². The van der Waals surface area contributed by atoms with Gasteiger partial charge in [-0.2, -0.15) is 0 Å². The Morgan fingerprint density at radius 3 is 2.59 bits per heavy atom. The van der Waals surface area contributed by atoms with Crippen LogP contribution in [0.25, 0.3) is 0 Å². The van der Waals surface area contributed by atoms with Gasteiger partial charge in [-0.1, -0.05) is 6.07 Å². The molecule has 160 valence electrons. The maximum Gasteiger partial charge on any atom is 0.247 e. The predicted octanol–water partition coefficient (Wildman–Crippen LogP) is 2.24. The zero-order valence-electron chi connectivity index (χ0n) is 15.6. The Balaban J connectivity index is 0.00000300. The van der Waals surface area contributed by atoms with E-state index in [0.29, 0.717) is 32.0 Å². The molecule has 0 bridgehead atoms. The summed E-state index contributed by atoms with van der Waals surface area (Å²) >= 11 is 1.09. The second kappa shape index (κ2) is 10.00. The maximum atomic E-state index is 14.0. The van der Waals surface area contributed by atoms with Gasteiger partial charge >= 0.3 is 0 Å². The number of hydrogen-bond acceptors (Lipinski definition) is 5. The van der Waals surface area contributed by atoms with Crippen molar-refractivity contribution in [2.75, 3.05) is 25.0 Å². The number of nitrogens with two attached hydrogens (primary N) is 1. The second-order valence-electron chi connectivity index (χ2n) is 6.34. The van der Waals surface area contributed by atoms with Gasteiger partial charge in [0.2, 0.25) is 10.0 Å². The lowest BCUT2D eigenvalue weighted by Gasteiger charge is -2.21. The molecule has 29 heavy (non-hydrogen) atoms. The van der Waals surface area contributed by atoms with Crippen LogP contribution in [-0.2, 0) is 16.6 Å². The molecule has 1 atom stereocenters. The van der Waals surface area contributed by atoms with Crippen LogP contribution >= 0.6 is 35.3 Å². The summed E-state index contributed by atoms with van der Waals surface area (Å²) in [6.45, 7) is 1.33. The number of benzene rings is 1. The van der Waals surface area contributed by atoms with Crippen molar-refractivity contribution in [2.24, 2.45) is 10.1 Å². The van der Waals surface area contributed by atoms with Crippen molar-refractivity contribution in [3.8, 4) is 0 Å². The van der Waals surface area contributed by atoms with Gasteiger partial charge in [0.05, 0.1) is 6.54 Å². The molecular weight excluding hydrogens is 535 g/mol. The summed E-state index contributed by atoms with van der Waals surface area (Å²) in [5, 5.41) is 11.4. The molecule has 0 aliphatic carbocycles. The lowest BCUT2D eigenvalue weighted by atomic mass is 10.2. The van der Waals surface area contributed by atoms with Gasteiger partial charge in [0, 0.05) is 31.1 Å². The molecule has 1 aliphatic heterocycles. The van der Waals surface area contributed by atoms with Gasteiger partial charge in [0.1, 0.15) is 21.5 Å². The van der Waals surface area contributed by atoms with Gasteiger partial charge in [-0.05, 0) is 30.7 Å². The van der Waals surface area contributed by atoms with Crippen LogP contribution in [0.2, 0.25) is 0 Å². The van der Waals surface area contributed by atoms with Crippen molar-refractivity contribution in [2.45, 2.75) is 23.2 Å². The molecule has 0 radical (unpaired) electrons. The number of nitrogens with one attached hydrogen (secondary N) is 2. The molecular formula is C17H22F2IN5O2S2. The number of thiophene rings is 1. The van der Waals surface area contributed by atoms with Crippen molar-refractivity contribution in [3.63, 3.8) is 0 Å². The van der Waals surface area contributed by atoms with Crippen molar-refractivity contribution >= 4 is 57.0 Å². The monoisotopic (exact) mass is 557 g/mol. The molecule has 1 fully saturated rings. The number of hydrogen-bond donors (Lipinski definition) is 3. The van der Waals surface area contributed by atoms with Gasteiger partial charge in [-0.25, -0.2) is 22.3 Å². The highest BCUT2D eigenvalue weighted by Crippen LogP contribution is 2.26. The first-order chi connectivity index (χ1) is 13.3. The second-order valence-corrected chi connectivity index (χ2v) is 9.29. The normalized spacial score (nSPS) is 17.2. The Hall–Kier alpha value is -1.51. The molecule has 7 nitrogen and oxygen atoms in total. The van der Waals surface area contributed by atoms with Crippen LogP contribution in [0.15, 0.2) is 39.5 Å². The average molecular weight is 557 g/mol. The quantitative estimate of drug-likeness (QED) is 0.298. The summed E-state index contributed by atoms with van der Waals surface area (Å²) in [4.78, 5) is 6.60. The first-order valence-electron chi connectivity index (χ1n) is 8.55. The van der Waals surface area contributed by atoms with Gasteiger partial charge in [-0.3, -0.25) is 4.99 Å². The molecule has 1 aliphatic rings. The van der Waals surface area contributed by atoms with Crippen molar-refractivity contribution in [3.05, 3.63) is 46.8 Å². The van der Waals surface area contributed by atoms with E-state index in [2.05, 4.69) is 15.6 Å². The third kappa shape index (κ3) is 5.99. The SMILES string of the molecule is CN=C(NCc1ccc(S(N)(=O)=O)s1)NC1CCN(c2c(F)cccc2F)C1.I. The summed E-state index contributed by atoms with van der Waals surface area (Å²) in [7, 11) is -2.09. The number of aliphatic imine (C=N–C) groups is 1. The molecule has 0 amide bonds. The summed E-state index contributed by atoms with van der Waals surface area (Å²) in [5.41, 5.74) is -0.0103. The third-order valence-electron chi connectivity index (χ3n) is 4.35. The number of rotatable bonds is 5. The Morgan fingerprint density at radius 1 is 1.31 bits per heavy atom. The Labute approximate surface area is 189 Å². The lowest BCUT2D eigenvalue weighted by molar-refractivity contribution is 0.575. The number of nitrogens with zero attached hydrogens (tertiary/aromatic N) is 2. The average Bonchev–Trinajstić information content (AvgIpc) is 3.28. The minimum absolute atomic E-state index is 0. The molecule has 3 rings (SSSR count). The van der Waals surface area contributed by atoms with Crippen LogP contribution < -0.4 is 20.7 Å². The summed E-state index contributed by atoms with van der Waals surface area (Å²) in [6.07, 6.45) is 0.697. The molecule has 1 unspecified atom stereocenters. The van der Waals surface area contributed by atoms with Crippen LogP contribution in [0.1, 0.15) is 11.3 Å². The molecule has 2 heterocycles. The number of guanidine groups is 1. The number of sulfonamides is 1. The fraction of sp³-hybridized carbons (Fsp3) is 0.353. The van der Waals surface area contributed by atoms with E-state index < -0.39 is 21.7 Å². The van der Waals surface area contributed by atoms with Crippen LogP contribution in [0.4, 0.5) is 14.5 Å². The topological polar surface area (TPSA) is 99.8 Å². The predicted molar refractivity (Wildman–Crippen MR) is 121 cm³/mol. The van der Waals surface area contributed by atoms with E-state index in [0.717, 1.165) is 16.2 Å². The van der Waals surface area contributed by atoms with Crippen molar-refractivity contribution in [1.29, 1.82) is 0 Å². The lowest BCUT2D eigenvalue weighted by Crippen LogP contribution is -2.44. The van der Waals surface area contributed by atoms with E-state index in [1.54, 1.807) is 18.0 Å². The third-order valence-corrected chi connectivity index (χ3v) is 6.88. The first kappa shape index (κ1) is 23.8. The number of primary sulfonamides is 1. The molecule has 0 saturated carbocycles.